The first-order valence-corrected chi connectivity index (χ1v) is 6.52. The van der Waals surface area contributed by atoms with Crippen LogP contribution in [0.25, 0.3) is 0 Å². The van der Waals surface area contributed by atoms with E-state index >= 15 is 0 Å². The predicted octanol–water partition coefficient (Wildman–Crippen LogP) is 3.54. The third kappa shape index (κ3) is 2.31. The molecule has 2 heterocycles. The molecule has 1 N–H and O–H groups in total. The average molecular weight is 290 g/mol. The molecule has 0 radical (unpaired) electrons. The molecule has 0 fully saturated rings. The highest BCUT2D eigenvalue weighted by Crippen LogP contribution is 2.29. The smallest absolute Gasteiger partial charge is 0.205 e. The standard InChI is InChI=1S/C8H8BrN3S2/c1-5(6-2-3-7(9)14-6)11-8-12-10-4-13-8/h2-5H,1H3,(H,11,12). The van der Waals surface area contributed by atoms with Crippen LogP contribution >= 0.6 is 38.6 Å². The number of nitrogens with one attached hydrogen (secondary N) is 1. The van der Waals surface area contributed by atoms with Gasteiger partial charge in [-0.15, -0.1) is 21.5 Å². The number of nitrogens with zero attached hydrogens (tertiary/aromatic N) is 2. The second-order valence-electron chi connectivity index (χ2n) is 2.75. The number of thiophene rings is 1. The van der Waals surface area contributed by atoms with Crippen LogP contribution in [0.5, 0.6) is 0 Å². The summed E-state index contributed by atoms with van der Waals surface area (Å²) >= 11 is 6.68. The third-order valence-corrected chi connectivity index (χ3v) is 4.15. The van der Waals surface area contributed by atoms with Crippen LogP contribution in [0.1, 0.15) is 17.8 Å². The third-order valence-electron chi connectivity index (χ3n) is 1.72. The van der Waals surface area contributed by atoms with Crippen LogP contribution in [0.2, 0.25) is 0 Å². The normalized spacial score (nSPS) is 12.7. The first-order valence-electron chi connectivity index (χ1n) is 4.03. The summed E-state index contributed by atoms with van der Waals surface area (Å²) in [6.45, 7) is 2.11. The fraction of sp³-hybridized carbons (Fsp3) is 0.250. The summed E-state index contributed by atoms with van der Waals surface area (Å²) in [5.41, 5.74) is 1.72. The van der Waals surface area contributed by atoms with Gasteiger partial charge >= 0.3 is 0 Å². The van der Waals surface area contributed by atoms with Gasteiger partial charge in [-0.25, -0.2) is 0 Å². The molecule has 2 rings (SSSR count). The first-order chi connectivity index (χ1) is 6.75. The van der Waals surface area contributed by atoms with E-state index in [9.17, 15) is 0 Å². The van der Waals surface area contributed by atoms with Crippen molar-refractivity contribution in [2.45, 2.75) is 13.0 Å². The molecule has 1 unspecified atom stereocenters. The van der Waals surface area contributed by atoms with Crippen molar-refractivity contribution < 1.29 is 0 Å². The fourth-order valence-electron chi connectivity index (χ4n) is 1.05. The van der Waals surface area contributed by atoms with Gasteiger partial charge in [-0.05, 0) is 35.0 Å². The largest absolute Gasteiger partial charge is 0.353 e. The summed E-state index contributed by atoms with van der Waals surface area (Å²) < 4.78 is 1.15. The summed E-state index contributed by atoms with van der Waals surface area (Å²) in [6, 6.07) is 4.44. The minimum Gasteiger partial charge on any atom is -0.353 e. The lowest BCUT2D eigenvalue weighted by molar-refractivity contribution is 0.894. The van der Waals surface area contributed by atoms with E-state index < -0.39 is 0 Å². The summed E-state index contributed by atoms with van der Waals surface area (Å²) in [5.74, 6) is 0. The fourth-order valence-corrected chi connectivity index (χ4v) is 3.01. The Bertz CT molecular complexity index is 398. The van der Waals surface area contributed by atoms with Gasteiger partial charge in [0.1, 0.15) is 5.51 Å². The van der Waals surface area contributed by atoms with Crippen LogP contribution in [0, 0.1) is 0 Å². The van der Waals surface area contributed by atoms with Gasteiger partial charge in [0.15, 0.2) is 0 Å². The molecular formula is C8H8BrN3S2. The number of halogens is 1. The molecule has 0 bridgehead atoms. The SMILES string of the molecule is CC(Nc1nncs1)c1ccc(Br)s1. The van der Waals surface area contributed by atoms with E-state index in [1.54, 1.807) is 16.8 Å². The van der Waals surface area contributed by atoms with Crippen molar-refractivity contribution in [1.29, 1.82) is 0 Å². The van der Waals surface area contributed by atoms with Crippen molar-refractivity contribution in [2.24, 2.45) is 0 Å². The molecule has 2 aromatic rings. The van der Waals surface area contributed by atoms with Crippen molar-refractivity contribution in [1.82, 2.24) is 10.2 Å². The zero-order chi connectivity index (χ0) is 9.97. The molecule has 0 spiro atoms. The molecule has 14 heavy (non-hydrogen) atoms. The van der Waals surface area contributed by atoms with E-state index in [1.165, 1.54) is 16.2 Å². The Morgan fingerprint density at radius 3 is 2.93 bits per heavy atom. The van der Waals surface area contributed by atoms with Gasteiger partial charge in [-0.2, -0.15) is 0 Å². The Balaban J connectivity index is 2.06. The van der Waals surface area contributed by atoms with Gasteiger partial charge in [0.25, 0.3) is 0 Å². The molecule has 0 saturated heterocycles. The molecule has 2 aromatic heterocycles. The maximum absolute atomic E-state index is 3.94. The van der Waals surface area contributed by atoms with Crippen molar-refractivity contribution in [3.8, 4) is 0 Å². The maximum atomic E-state index is 3.94. The highest BCUT2D eigenvalue weighted by molar-refractivity contribution is 9.11. The van der Waals surface area contributed by atoms with Gasteiger partial charge < -0.3 is 5.32 Å². The molecular weight excluding hydrogens is 282 g/mol. The van der Waals surface area contributed by atoms with Crippen LogP contribution in [-0.4, -0.2) is 10.2 Å². The maximum Gasteiger partial charge on any atom is 0.205 e. The van der Waals surface area contributed by atoms with Gasteiger partial charge in [-0.3, -0.25) is 0 Å². The predicted molar refractivity (Wildman–Crippen MR) is 64.0 cm³/mol. The lowest BCUT2D eigenvalue weighted by Gasteiger charge is -2.09. The van der Waals surface area contributed by atoms with Crippen molar-refractivity contribution in [3.63, 3.8) is 0 Å². The van der Waals surface area contributed by atoms with Gasteiger partial charge in [0, 0.05) is 4.88 Å². The topological polar surface area (TPSA) is 37.8 Å². The first kappa shape index (κ1) is 10.1. The number of hydrogen-bond donors (Lipinski definition) is 1. The minimum atomic E-state index is 0.277. The number of anilines is 1. The lowest BCUT2D eigenvalue weighted by atomic mass is 10.3. The van der Waals surface area contributed by atoms with Crippen LogP contribution < -0.4 is 5.32 Å². The van der Waals surface area contributed by atoms with E-state index in [1.807, 2.05) is 0 Å². The van der Waals surface area contributed by atoms with E-state index in [0.29, 0.717) is 0 Å². The van der Waals surface area contributed by atoms with E-state index in [0.717, 1.165) is 8.92 Å². The average Bonchev–Trinajstić information content (AvgIpc) is 2.75. The second kappa shape index (κ2) is 4.37. The molecule has 0 aliphatic heterocycles. The van der Waals surface area contributed by atoms with Crippen molar-refractivity contribution >= 4 is 43.7 Å². The zero-order valence-electron chi connectivity index (χ0n) is 7.40. The highest BCUT2D eigenvalue weighted by atomic mass is 79.9. The Hall–Kier alpha value is -0.460. The lowest BCUT2D eigenvalue weighted by Crippen LogP contribution is -2.04. The van der Waals surface area contributed by atoms with Crippen LogP contribution in [0.15, 0.2) is 21.4 Å². The second-order valence-corrected chi connectivity index (χ2v) is 6.08. The summed E-state index contributed by atoms with van der Waals surface area (Å²) in [7, 11) is 0. The summed E-state index contributed by atoms with van der Waals surface area (Å²) in [6.07, 6.45) is 0. The van der Waals surface area contributed by atoms with Gasteiger partial charge in [-0.1, -0.05) is 11.3 Å². The number of aromatic nitrogens is 2. The quantitative estimate of drug-likeness (QED) is 0.939. The Kier molecular flexibility index (Phi) is 3.15. The van der Waals surface area contributed by atoms with Crippen molar-refractivity contribution in [3.05, 3.63) is 26.3 Å². The molecule has 0 saturated carbocycles. The Morgan fingerprint density at radius 1 is 1.50 bits per heavy atom. The molecule has 6 heteroatoms. The van der Waals surface area contributed by atoms with Crippen LogP contribution in [0.4, 0.5) is 5.13 Å². The van der Waals surface area contributed by atoms with Crippen LogP contribution in [0.3, 0.4) is 0 Å². The monoisotopic (exact) mass is 289 g/mol. The molecule has 3 nitrogen and oxygen atoms in total. The summed E-state index contributed by atoms with van der Waals surface area (Å²) in [5, 5.41) is 11.9. The zero-order valence-corrected chi connectivity index (χ0v) is 10.6. The molecule has 1 atom stereocenters. The van der Waals surface area contributed by atoms with Gasteiger partial charge in [0.05, 0.1) is 9.83 Å². The Labute approximate surface area is 98.3 Å². The molecule has 0 aliphatic carbocycles. The van der Waals surface area contributed by atoms with E-state index in [4.69, 9.17) is 0 Å². The highest BCUT2D eigenvalue weighted by Gasteiger charge is 2.08. The summed E-state index contributed by atoms with van der Waals surface area (Å²) in [4.78, 5) is 1.28. The van der Waals surface area contributed by atoms with Crippen LogP contribution in [-0.2, 0) is 0 Å². The molecule has 0 amide bonds. The number of rotatable bonds is 3. The van der Waals surface area contributed by atoms with E-state index in [2.05, 4.69) is 50.5 Å². The van der Waals surface area contributed by atoms with Gasteiger partial charge in [0.2, 0.25) is 5.13 Å². The molecule has 0 aliphatic rings. The Morgan fingerprint density at radius 2 is 2.36 bits per heavy atom. The number of hydrogen-bond acceptors (Lipinski definition) is 5. The van der Waals surface area contributed by atoms with Crippen molar-refractivity contribution in [2.75, 3.05) is 5.32 Å². The minimum absolute atomic E-state index is 0.277. The molecule has 74 valence electrons. The van der Waals surface area contributed by atoms with E-state index in [-0.39, 0.29) is 6.04 Å². The molecule has 0 aromatic carbocycles.